The van der Waals surface area contributed by atoms with Gasteiger partial charge in [0.05, 0.1) is 11.8 Å². The average molecular weight is 321 g/mol. The summed E-state index contributed by atoms with van der Waals surface area (Å²) in [6, 6.07) is 10.8. The SMILES string of the molecule is CC/C(=N\NC(=O)c1ccccc1Br)c1ccco1. The number of carbonyl (C=O) groups is 1. The van der Waals surface area contributed by atoms with Crippen LogP contribution in [0.3, 0.4) is 0 Å². The summed E-state index contributed by atoms with van der Waals surface area (Å²) in [5.74, 6) is 0.403. The minimum Gasteiger partial charge on any atom is -0.463 e. The van der Waals surface area contributed by atoms with Crippen LogP contribution in [0.5, 0.6) is 0 Å². The third kappa shape index (κ3) is 3.32. The number of carbonyl (C=O) groups excluding carboxylic acids is 1. The Morgan fingerprint density at radius 2 is 2.11 bits per heavy atom. The molecule has 0 fully saturated rings. The van der Waals surface area contributed by atoms with E-state index in [4.69, 9.17) is 4.42 Å². The van der Waals surface area contributed by atoms with Crippen LogP contribution in [0.25, 0.3) is 0 Å². The van der Waals surface area contributed by atoms with E-state index < -0.39 is 0 Å². The molecular formula is C14H13BrN2O2. The minimum absolute atomic E-state index is 0.259. The maximum atomic E-state index is 12.0. The maximum absolute atomic E-state index is 12.0. The zero-order valence-corrected chi connectivity index (χ0v) is 12.0. The van der Waals surface area contributed by atoms with Crippen LogP contribution in [-0.2, 0) is 0 Å². The summed E-state index contributed by atoms with van der Waals surface area (Å²) in [5.41, 5.74) is 3.78. The van der Waals surface area contributed by atoms with Crippen LogP contribution in [-0.4, -0.2) is 11.6 Å². The number of nitrogens with one attached hydrogen (secondary N) is 1. The monoisotopic (exact) mass is 320 g/mol. The molecule has 2 rings (SSSR count). The van der Waals surface area contributed by atoms with Gasteiger partial charge in [0.2, 0.25) is 0 Å². The highest BCUT2D eigenvalue weighted by Gasteiger charge is 2.09. The summed E-state index contributed by atoms with van der Waals surface area (Å²) in [6.07, 6.45) is 2.25. The van der Waals surface area contributed by atoms with Gasteiger partial charge in [-0.3, -0.25) is 4.79 Å². The second-order valence-electron chi connectivity index (χ2n) is 3.81. The van der Waals surface area contributed by atoms with Crippen LogP contribution in [0.4, 0.5) is 0 Å². The Balaban J connectivity index is 2.13. The van der Waals surface area contributed by atoms with E-state index in [0.717, 1.165) is 4.47 Å². The van der Waals surface area contributed by atoms with E-state index >= 15 is 0 Å². The summed E-state index contributed by atoms with van der Waals surface area (Å²) in [5, 5.41) is 4.10. The lowest BCUT2D eigenvalue weighted by Gasteiger charge is -2.04. The second kappa shape index (κ2) is 6.33. The molecule has 5 heteroatoms. The van der Waals surface area contributed by atoms with Crippen LogP contribution in [0, 0.1) is 0 Å². The van der Waals surface area contributed by atoms with Gasteiger partial charge in [0.25, 0.3) is 5.91 Å². The highest BCUT2D eigenvalue weighted by Crippen LogP contribution is 2.15. The van der Waals surface area contributed by atoms with Gasteiger partial charge in [-0.05, 0) is 46.6 Å². The van der Waals surface area contributed by atoms with Gasteiger partial charge in [-0.2, -0.15) is 5.10 Å². The molecule has 0 atom stereocenters. The van der Waals surface area contributed by atoms with Gasteiger partial charge in [-0.25, -0.2) is 5.43 Å². The average Bonchev–Trinajstić information content (AvgIpc) is 2.94. The Morgan fingerprint density at radius 3 is 2.74 bits per heavy atom. The third-order valence-electron chi connectivity index (χ3n) is 2.55. The lowest BCUT2D eigenvalue weighted by atomic mass is 10.2. The Hall–Kier alpha value is -1.88. The molecule has 0 saturated carbocycles. The second-order valence-corrected chi connectivity index (χ2v) is 4.66. The number of furan rings is 1. The van der Waals surface area contributed by atoms with Crippen LogP contribution < -0.4 is 5.43 Å². The first-order valence-electron chi connectivity index (χ1n) is 5.87. The molecule has 0 bridgehead atoms. The molecule has 2 aromatic rings. The van der Waals surface area contributed by atoms with Gasteiger partial charge in [-0.15, -0.1) is 0 Å². The molecule has 1 heterocycles. The summed E-state index contributed by atoms with van der Waals surface area (Å²) in [6.45, 7) is 1.95. The Kier molecular flexibility index (Phi) is 4.52. The molecule has 1 aromatic carbocycles. The molecule has 0 radical (unpaired) electrons. The van der Waals surface area contributed by atoms with Crippen molar-refractivity contribution in [3.8, 4) is 0 Å². The number of benzene rings is 1. The van der Waals surface area contributed by atoms with Crippen LogP contribution in [0.2, 0.25) is 0 Å². The van der Waals surface area contributed by atoms with Crippen molar-refractivity contribution in [2.75, 3.05) is 0 Å². The van der Waals surface area contributed by atoms with Gasteiger partial charge in [-0.1, -0.05) is 19.1 Å². The van der Waals surface area contributed by atoms with Crippen molar-refractivity contribution in [1.82, 2.24) is 5.43 Å². The molecular weight excluding hydrogens is 308 g/mol. The largest absolute Gasteiger partial charge is 0.463 e. The number of nitrogens with zero attached hydrogens (tertiary/aromatic N) is 1. The van der Waals surface area contributed by atoms with Gasteiger partial charge in [0.15, 0.2) is 0 Å². The van der Waals surface area contributed by atoms with E-state index in [2.05, 4.69) is 26.5 Å². The van der Waals surface area contributed by atoms with Crippen molar-refractivity contribution in [1.29, 1.82) is 0 Å². The first kappa shape index (κ1) is 13.5. The molecule has 0 aliphatic carbocycles. The lowest BCUT2D eigenvalue weighted by molar-refractivity contribution is 0.0954. The highest BCUT2D eigenvalue weighted by molar-refractivity contribution is 9.10. The molecule has 0 spiro atoms. The van der Waals surface area contributed by atoms with Gasteiger partial charge in [0, 0.05) is 4.47 Å². The first-order valence-corrected chi connectivity index (χ1v) is 6.67. The van der Waals surface area contributed by atoms with Crippen molar-refractivity contribution in [2.24, 2.45) is 5.10 Å². The van der Waals surface area contributed by atoms with Crippen LogP contribution in [0.15, 0.2) is 56.7 Å². The number of rotatable bonds is 4. The zero-order chi connectivity index (χ0) is 13.7. The lowest BCUT2D eigenvalue weighted by Crippen LogP contribution is -2.20. The predicted octanol–water partition coefficient (Wildman–Crippen LogP) is 3.59. The highest BCUT2D eigenvalue weighted by atomic mass is 79.9. The van der Waals surface area contributed by atoms with Crippen LogP contribution in [0.1, 0.15) is 29.5 Å². The van der Waals surface area contributed by atoms with Crippen LogP contribution >= 0.6 is 15.9 Å². The topological polar surface area (TPSA) is 54.6 Å². The third-order valence-corrected chi connectivity index (χ3v) is 3.24. The molecule has 0 unspecified atom stereocenters. The van der Waals surface area contributed by atoms with E-state index in [1.165, 1.54) is 0 Å². The quantitative estimate of drug-likeness (QED) is 0.691. The molecule has 0 aliphatic rings. The fourth-order valence-electron chi connectivity index (χ4n) is 1.57. The number of hydrogen-bond donors (Lipinski definition) is 1. The molecule has 1 amide bonds. The zero-order valence-electron chi connectivity index (χ0n) is 10.4. The standard InChI is InChI=1S/C14H13BrN2O2/c1-2-12(13-8-5-9-19-13)16-17-14(18)10-6-3-4-7-11(10)15/h3-9H,2H2,1H3,(H,17,18)/b16-12+. The summed E-state index contributed by atoms with van der Waals surface area (Å²) >= 11 is 3.33. The van der Waals surface area contributed by atoms with E-state index in [0.29, 0.717) is 23.5 Å². The summed E-state index contributed by atoms with van der Waals surface area (Å²) in [4.78, 5) is 12.0. The summed E-state index contributed by atoms with van der Waals surface area (Å²) < 4.78 is 5.99. The minimum atomic E-state index is -0.259. The summed E-state index contributed by atoms with van der Waals surface area (Å²) in [7, 11) is 0. The van der Waals surface area contributed by atoms with Crippen molar-refractivity contribution in [3.63, 3.8) is 0 Å². The fraction of sp³-hybridized carbons (Fsp3) is 0.143. The molecule has 19 heavy (non-hydrogen) atoms. The van der Waals surface area contributed by atoms with Gasteiger partial charge >= 0.3 is 0 Å². The molecule has 1 aromatic heterocycles. The molecule has 4 nitrogen and oxygen atoms in total. The maximum Gasteiger partial charge on any atom is 0.272 e. The van der Waals surface area contributed by atoms with Crippen molar-refractivity contribution in [3.05, 3.63) is 58.5 Å². The number of amides is 1. The molecule has 1 N–H and O–H groups in total. The van der Waals surface area contributed by atoms with E-state index in [1.807, 2.05) is 25.1 Å². The van der Waals surface area contributed by atoms with Crippen molar-refractivity contribution >= 4 is 27.5 Å². The van der Waals surface area contributed by atoms with E-state index in [9.17, 15) is 4.79 Å². The van der Waals surface area contributed by atoms with E-state index in [1.54, 1.807) is 24.5 Å². The Labute approximate surface area is 119 Å². The molecule has 0 aliphatic heterocycles. The first-order chi connectivity index (χ1) is 9.22. The predicted molar refractivity (Wildman–Crippen MR) is 77.1 cm³/mol. The Morgan fingerprint density at radius 1 is 1.32 bits per heavy atom. The Bertz CT molecular complexity index is 591. The van der Waals surface area contributed by atoms with E-state index in [-0.39, 0.29) is 5.91 Å². The smallest absolute Gasteiger partial charge is 0.272 e. The molecule has 98 valence electrons. The fourth-order valence-corrected chi connectivity index (χ4v) is 2.04. The number of halogens is 1. The van der Waals surface area contributed by atoms with Crippen molar-refractivity contribution < 1.29 is 9.21 Å². The van der Waals surface area contributed by atoms with Gasteiger partial charge < -0.3 is 4.42 Å². The van der Waals surface area contributed by atoms with Crippen molar-refractivity contribution in [2.45, 2.75) is 13.3 Å². The normalized spacial score (nSPS) is 11.4. The number of hydrogen-bond acceptors (Lipinski definition) is 3. The van der Waals surface area contributed by atoms with Gasteiger partial charge in [0.1, 0.15) is 11.5 Å². The molecule has 0 saturated heterocycles. The number of hydrazone groups is 1.